The van der Waals surface area contributed by atoms with E-state index >= 15 is 0 Å². The quantitative estimate of drug-likeness (QED) is 0.890. The molecule has 0 saturated carbocycles. The zero-order valence-corrected chi connectivity index (χ0v) is 11.1. The van der Waals surface area contributed by atoms with Gasteiger partial charge in [-0.05, 0) is 35.9 Å². The summed E-state index contributed by atoms with van der Waals surface area (Å²) < 4.78 is 28.3. The fourth-order valence-electron chi connectivity index (χ4n) is 1.80. The van der Waals surface area contributed by atoms with E-state index in [1.54, 1.807) is 12.1 Å². The second-order valence-corrected chi connectivity index (χ2v) is 4.22. The first kappa shape index (κ1) is 14.9. The molecule has 0 radical (unpaired) electrons. The number of amides is 1. The van der Waals surface area contributed by atoms with Crippen LogP contribution in [-0.2, 0) is 6.54 Å². The maximum absolute atomic E-state index is 12.1. The number of nitrogens with one attached hydrogen (secondary N) is 1. The highest BCUT2D eigenvalue weighted by Gasteiger charge is 2.09. The average Bonchev–Trinajstić information content (AvgIpc) is 2.48. The molecule has 0 spiro atoms. The third-order valence-electron chi connectivity index (χ3n) is 2.83. The van der Waals surface area contributed by atoms with Crippen LogP contribution < -0.4 is 15.8 Å². The second-order valence-electron chi connectivity index (χ2n) is 4.22. The van der Waals surface area contributed by atoms with Gasteiger partial charge in [0.1, 0.15) is 5.75 Å². The highest BCUT2D eigenvalue weighted by molar-refractivity contribution is 6.04. The Labute approximate surface area is 120 Å². The van der Waals surface area contributed by atoms with Crippen molar-refractivity contribution in [3.05, 3.63) is 59.7 Å². The normalized spacial score (nSPS) is 10.5. The molecule has 6 heteroatoms. The second kappa shape index (κ2) is 6.81. The van der Waals surface area contributed by atoms with Gasteiger partial charge in [0.2, 0.25) is 0 Å². The number of halogens is 2. The zero-order valence-electron chi connectivity index (χ0n) is 11.1. The minimum atomic E-state index is -2.89. The van der Waals surface area contributed by atoms with Crippen LogP contribution in [0.15, 0.2) is 48.5 Å². The van der Waals surface area contributed by atoms with Crippen LogP contribution >= 0.6 is 0 Å². The van der Waals surface area contributed by atoms with Crippen LogP contribution in [0.3, 0.4) is 0 Å². The molecule has 3 N–H and O–H groups in total. The lowest BCUT2D eigenvalue weighted by atomic mass is 10.1. The van der Waals surface area contributed by atoms with Gasteiger partial charge in [0.05, 0.1) is 0 Å². The molecule has 4 nitrogen and oxygen atoms in total. The Morgan fingerprint density at radius 2 is 1.81 bits per heavy atom. The first-order valence-corrected chi connectivity index (χ1v) is 6.24. The first-order valence-electron chi connectivity index (χ1n) is 6.24. The van der Waals surface area contributed by atoms with E-state index in [-0.39, 0.29) is 11.7 Å². The van der Waals surface area contributed by atoms with Crippen molar-refractivity contribution >= 4 is 11.6 Å². The number of carbonyl (C=O) groups excluding carboxylic acids is 1. The number of hydrogen-bond donors (Lipinski definition) is 2. The Balaban J connectivity index is 2.09. The minimum absolute atomic E-state index is 0.00362. The van der Waals surface area contributed by atoms with Crippen molar-refractivity contribution in [3.8, 4) is 5.75 Å². The average molecular weight is 292 g/mol. The van der Waals surface area contributed by atoms with E-state index in [1.165, 1.54) is 24.3 Å². The predicted octanol–water partition coefficient (Wildman–Crippen LogP) is 3.00. The molecular formula is C15H14F2N2O2. The van der Waals surface area contributed by atoms with Crippen LogP contribution in [0.5, 0.6) is 5.75 Å². The topological polar surface area (TPSA) is 64.3 Å². The van der Waals surface area contributed by atoms with Crippen molar-refractivity contribution < 1.29 is 18.3 Å². The van der Waals surface area contributed by atoms with Crippen molar-refractivity contribution in [1.29, 1.82) is 0 Å². The summed E-state index contributed by atoms with van der Waals surface area (Å²) in [7, 11) is 0. The van der Waals surface area contributed by atoms with E-state index in [0.717, 1.165) is 5.56 Å². The summed E-state index contributed by atoms with van der Waals surface area (Å²) in [4.78, 5) is 12.1. The summed E-state index contributed by atoms with van der Waals surface area (Å²) in [6.07, 6.45) is 0. The van der Waals surface area contributed by atoms with Gasteiger partial charge >= 0.3 is 6.61 Å². The number of alkyl halides is 2. The fourth-order valence-corrected chi connectivity index (χ4v) is 1.80. The van der Waals surface area contributed by atoms with Gasteiger partial charge in [-0.3, -0.25) is 4.79 Å². The molecule has 1 amide bonds. The van der Waals surface area contributed by atoms with E-state index in [9.17, 15) is 13.6 Å². The van der Waals surface area contributed by atoms with Gasteiger partial charge in [-0.15, -0.1) is 0 Å². The Morgan fingerprint density at radius 1 is 1.14 bits per heavy atom. The summed E-state index contributed by atoms with van der Waals surface area (Å²) in [5, 5.41) is 2.73. The van der Waals surface area contributed by atoms with Crippen molar-refractivity contribution in [3.63, 3.8) is 0 Å². The molecule has 0 saturated heterocycles. The molecule has 0 heterocycles. The zero-order chi connectivity index (χ0) is 15.2. The van der Waals surface area contributed by atoms with E-state index in [4.69, 9.17) is 5.73 Å². The van der Waals surface area contributed by atoms with E-state index in [0.29, 0.717) is 17.8 Å². The van der Waals surface area contributed by atoms with Gasteiger partial charge in [-0.25, -0.2) is 0 Å². The molecule has 0 bridgehead atoms. The van der Waals surface area contributed by atoms with Crippen LogP contribution in [-0.4, -0.2) is 12.5 Å². The van der Waals surface area contributed by atoms with Gasteiger partial charge in [-0.1, -0.05) is 18.2 Å². The highest BCUT2D eigenvalue weighted by Crippen LogP contribution is 2.18. The molecule has 2 aromatic carbocycles. The van der Waals surface area contributed by atoms with Gasteiger partial charge in [0, 0.05) is 17.8 Å². The number of hydrogen-bond acceptors (Lipinski definition) is 3. The van der Waals surface area contributed by atoms with Gasteiger partial charge < -0.3 is 15.8 Å². The number of ether oxygens (including phenoxy) is 1. The summed E-state index contributed by atoms with van der Waals surface area (Å²) >= 11 is 0. The van der Waals surface area contributed by atoms with Crippen LogP contribution in [0.1, 0.15) is 15.9 Å². The maximum atomic E-state index is 12.1. The van der Waals surface area contributed by atoms with E-state index in [2.05, 4.69) is 10.1 Å². The number of nitrogens with two attached hydrogens (primary N) is 1. The van der Waals surface area contributed by atoms with Crippen molar-refractivity contribution in [2.24, 2.45) is 5.73 Å². The van der Waals surface area contributed by atoms with Crippen LogP contribution in [0.2, 0.25) is 0 Å². The number of rotatable bonds is 5. The summed E-state index contributed by atoms with van der Waals surface area (Å²) in [6, 6.07) is 12.6. The SMILES string of the molecule is NCc1ccccc1NC(=O)c1ccc(OC(F)F)cc1. The first-order chi connectivity index (χ1) is 10.1. The van der Waals surface area contributed by atoms with E-state index < -0.39 is 6.61 Å². The number of para-hydroxylation sites is 1. The summed E-state index contributed by atoms with van der Waals surface area (Å²) in [5.74, 6) is -0.344. The van der Waals surface area contributed by atoms with Crippen molar-refractivity contribution in [1.82, 2.24) is 0 Å². The fraction of sp³-hybridized carbons (Fsp3) is 0.133. The van der Waals surface area contributed by atoms with E-state index in [1.807, 2.05) is 12.1 Å². The van der Waals surface area contributed by atoms with Crippen LogP contribution in [0, 0.1) is 0 Å². The van der Waals surface area contributed by atoms with Crippen molar-refractivity contribution in [2.45, 2.75) is 13.2 Å². The third kappa shape index (κ3) is 4.00. The van der Waals surface area contributed by atoms with Crippen molar-refractivity contribution in [2.75, 3.05) is 5.32 Å². The molecule has 2 aromatic rings. The molecule has 110 valence electrons. The molecule has 21 heavy (non-hydrogen) atoms. The lowest BCUT2D eigenvalue weighted by molar-refractivity contribution is -0.0498. The van der Waals surface area contributed by atoms with Gasteiger partial charge in [0.15, 0.2) is 0 Å². The Morgan fingerprint density at radius 3 is 2.43 bits per heavy atom. The molecule has 0 unspecified atom stereocenters. The Hall–Kier alpha value is -2.47. The molecule has 0 aliphatic heterocycles. The van der Waals surface area contributed by atoms with Gasteiger partial charge in [-0.2, -0.15) is 8.78 Å². The molecular weight excluding hydrogens is 278 g/mol. The molecule has 0 fully saturated rings. The van der Waals surface area contributed by atoms with Gasteiger partial charge in [0.25, 0.3) is 5.91 Å². The minimum Gasteiger partial charge on any atom is -0.435 e. The lowest BCUT2D eigenvalue weighted by Crippen LogP contribution is -2.14. The standard InChI is InChI=1S/C15H14F2N2O2/c16-15(17)21-12-7-5-10(6-8-12)14(20)19-13-4-2-1-3-11(13)9-18/h1-8,15H,9,18H2,(H,19,20). The number of benzene rings is 2. The number of carbonyl (C=O) groups is 1. The predicted molar refractivity (Wildman–Crippen MR) is 75.4 cm³/mol. The molecule has 2 rings (SSSR count). The Bertz CT molecular complexity index is 615. The largest absolute Gasteiger partial charge is 0.435 e. The smallest absolute Gasteiger partial charge is 0.387 e. The maximum Gasteiger partial charge on any atom is 0.387 e. The van der Waals surface area contributed by atoms with Crippen LogP contribution in [0.25, 0.3) is 0 Å². The van der Waals surface area contributed by atoms with Crippen LogP contribution in [0.4, 0.5) is 14.5 Å². The Kier molecular flexibility index (Phi) is 4.84. The third-order valence-corrected chi connectivity index (χ3v) is 2.83. The number of anilines is 1. The summed E-state index contributed by atoms with van der Waals surface area (Å²) in [6.45, 7) is -2.58. The highest BCUT2D eigenvalue weighted by atomic mass is 19.3. The molecule has 0 aliphatic rings. The summed E-state index contributed by atoms with van der Waals surface area (Å²) in [5.41, 5.74) is 7.36. The molecule has 0 aliphatic carbocycles. The molecule has 0 aromatic heterocycles. The lowest BCUT2D eigenvalue weighted by Gasteiger charge is -2.10. The molecule has 0 atom stereocenters. The monoisotopic (exact) mass is 292 g/mol.